The van der Waals surface area contributed by atoms with Crippen molar-refractivity contribution < 1.29 is 18.7 Å². The summed E-state index contributed by atoms with van der Waals surface area (Å²) in [6.07, 6.45) is 5.91. The number of aryl methyl sites for hydroxylation is 1. The average Bonchev–Trinajstić information content (AvgIpc) is 3.22. The Bertz CT molecular complexity index is 1040. The Hall–Kier alpha value is -2.95. The van der Waals surface area contributed by atoms with Gasteiger partial charge in [0.2, 0.25) is 5.91 Å². The van der Waals surface area contributed by atoms with Crippen LogP contribution in [0.15, 0.2) is 47.1 Å². The maximum atomic E-state index is 13.3. The second-order valence-corrected chi connectivity index (χ2v) is 7.93. The number of benzene rings is 2. The van der Waals surface area contributed by atoms with Gasteiger partial charge in [-0.3, -0.25) is 4.79 Å². The molecule has 4 rings (SSSR count). The second kappa shape index (κ2) is 8.82. The molecular weight excluding hydrogens is 378 g/mol. The molecule has 0 bridgehead atoms. The molecule has 1 aliphatic carbocycles. The van der Waals surface area contributed by atoms with Gasteiger partial charge in [-0.1, -0.05) is 13.0 Å². The summed E-state index contributed by atoms with van der Waals surface area (Å²) in [6, 6.07) is 12.3. The first-order chi connectivity index (χ1) is 14.6. The van der Waals surface area contributed by atoms with Gasteiger partial charge in [-0.25, -0.2) is 0 Å². The van der Waals surface area contributed by atoms with Crippen LogP contribution >= 0.6 is 0 Å². The topological polar surface area (TPSA) is 51.9 Å². The molecule has 0 radical (unpaired) electrons. The smallest absolute Gasteiger partial charge is 0.227 e. The van der Waals surface area contributed by atoms with Gasteiger partial charge in [0.1, 0.15) is 5.58 Å². The summed E-state index contributed by atoms with van der Waals surface area (Å²) in [7, 11) is 3.23. The number of ether oxygens (including phenoxy) is 2. The largest absolute Gasteiger partial charge is 0.493 e. The first-order valence-corrected chi connectivity index (χ1v) is 10.6. The van der Waals surface area contributed by atoms with Gasteiger partial charge in [0.15, 0.2) is 11.5 Å². The molecular formula is C25H29NO4. The molecule has 0 N–H and O–H groups in total. The van der Waals surface area contributed by atoms with Crippen LogP contribution in [0.25, 0.3) is 11.0 Å². The van der Waals surface area contributed by atoms with Crippen LogP contribution in [0, 0.1) is 0 Å². The van der Waals surface area contributed by atoms with Crippen molar-refractivity contribution in [2.45, 2.75) is 45.1 Å². The molecule has 1 amide bonds. The molecule has 1 atom stereocenters. The third kappa shape index (κ3) is 4.02. The third-order valence-electron chi connectivity index (χ3n) is 6.01. The number of nitrogens with zero attached hydrogens (tertiary/aromatic N) is 1. The number of hydrogen-bond donors (Lipinski definition) is 0. The van der Waals surface area contributed by atoms with Crippen molar-refractivity contribution in [2.75, 3.05) is 20.8 Å². The monoisotopic (exact) mass is 407 g/mol. The van der Waals surface area contributed by atoms with E-state index in [0.29, 0.717) is 17.9 Å². The van der Waals surface area contributed by atoms with Gasteiger partial charge >= 0.3 is 0 Å². The van der Waals surface area contributed by atoms with E-state index in [9.17, 15) is 4.79 Å². The Balaban J connectivity index is 1.52. The SMILES string of the molecule is CCCN(C(=O)Cc1ccc(OC)c(OC)c1)C1CCc2cc3ccoc3cc2C1. The molecule has 0 saturated carbocycles. The van der Waals surface area contributed by atoms with Crippen LogP contribution in [0.1, 0.15) is 36.5 Å². The zero-order chi connectivity index (χ0) is 21.1. The van der Waals surface area contributed by atoms with E-state index in [-0.39, 0.29) is 11.9 Å². The van der Waals surface area contributed by atoms with Gasteiger partial charge in [-0.05, 0) is 72.7 Å². The first-order valence-electron chi connectivity index (χ1n) is 10.6. The highest BCUT2D eigenvalue weighted by atomic mass is 16.5. The van der Waals surface area contributed by atoms with E-state index >= 15 is 0 Å². The summed E-state index contributed by atoms with van der Waals surface area (Å²) in [5, 5.41) is 1.15. The Morgan fingerprint density at radius 3 is 2.70 bits per heavy atom. The fourth-order valence-corrected chi connectivity index (χ4v) is 4.48. The molecule has 30 heavy (non-hydrogen) atoms. The highest BCUT2D eigenvalue weighted by Crippen LogP contribution is 2.31. The molecule has 3 aromatic rings. The normalized spacial score (nSPS) is 15.6. The van der Waals surface area contributed by atoms with Crippen molar-refractivity contribution in [1.82, 2.24) is 4.90 Å². The third-order valence-corrected chi connectivity index (χ3v) is 6.01. The predicted octanol–water partition coefficient (Wildman–Crippen LogP) is 4.79. The minimum absolute atomic E-state index is 0.164. The average molecular weight is 408 g/mol. The summed E-state index contributed by atoms with van der Waals surface area (Å²) in [4.78, 5) is 15.3. The van der Waals surface area contributed by atoms with Gasteiger partial charge in [-0.15, -0.1) is 0 Å². The van der Waals surface area contributed by atoms with Crippen molar-refractivity contribution >= 4 is 16.9 Å². The molecule has 1 aromatic heterocycles. The fourth-order valence-electron chi connectivity index (χ4n) is 4.48. The standard InChI is InChI=1S/C25H29NO4/c1-4-10-26(25(27)13-17-5-8-22(28-2)24(12-17)29-3)21-7-6-18-14-19-9-11-30-23(19)16-20(18)15-21/h5,8-9,11-12,14,16,21H,4,6-7,10,13,15H2,1-3H3. The molecule has 2 aromatic carbocycles. The van der Waals surface area contributed by atoms with Crippen LogP contribution in [0.4, 0.5) is 0 Å². The molecule has 5 heteroatoms. The number of amides is 1. The van der Waals surface area contributed by atoms with E-state index in [4.69, 9.17) is 13.9 Å². The van der Waals surface area contributed by atoms with Gasteiger partial charge < -0.3 is 18.8 Å². The highest BCUT2D eigenvalue weighted by Gasteiger charge is 2.28. The zero-order valence-electron chi connectivity index (χ0n) is 17.9. The van der Waals surface area contributed by atoms with Gasteiger partial charge in [0, 0.05) is 18.0 Å². The summed E-state index contributed by atoms with van der Waals surface area (Å²) < 4.78 is 16.3. The molecule has 1 aliphatic rings. The zero-order valence-corrected chi connectivity index (χ0v) is 17.9. The number of fused-ring (bicyclic) bond motifs is 2. The van der Waals surface area contributed by atoms with E-state index in [1.807, 2.05) is 24.3 Å². The summed E-state index contributed by atoms with van der Waals surface area (Å²) in [6.45, 7) is 2.90. The van der Waals surface area contributed by atoms with E-state index in [1.54, 1.807) is 20.5 Å². The van der Waals surface area contributed by atoms with Crippen molar-refractivity contribution in [3.8, 4) is 11.5 Å². The van der Waals surface area contributed by atoms with Gasteiger partial charge in [0.05, 0.1) is 26.9 Å². The quantitative estimate of drug-likeness (QED) is 0.565. The molecule has 0 fully saturated rings. The lowest BCUT2D eigenvalue weighted by Crippen LogP contribution is -2.44. The van der Waals surface area contributed by atoms with E-state index < -0.39 is 0 Å². The minimum Gasteiger partial charge on any atom is -0.493 e. The van der Waals surface area contributed by atoms with Gasteiger partial charge in [0.25, 0.3) is 0 Å². The van der Waals surface area contributed by atoms with Crippen LogP contribution in [-0.2, 0) is 24.1 Å². The summed E-state index contributed by atoms with van der Waals surface area (Å²) in [5.41, 5.74) is 4.54. The van der Waals surface area contributed by atoms with Crippen LogP contribution in [0.2, 0.25) is 0 Å². The Morgan fingerprint density at radius 2 is 1.93 bits per heavy atom. The predicted molar refractivity (Wildman–Crippen MR) is 117 cm³/mol. The first kappa shape index (κ1) is 20.3. The van der Waals surface area contributed by atoms with Crippen molar-refractivity contribution in [3.05, 3.63) is 59.4 Å². The Kier molecular flexibility index (Phi) is 5.98. The van der Waals surface area contributed by atoms with Crippen molar-refractivity contribution in [1.29, 1.82) is 0 Å². The van der Waals surface area contributed by atoms with E-state index in [2.05, 4.69) is 24.0 Å². The molecule has 158 valence electrons. The fraction of sp³-hybridized carbons (Fsp3) is 0.400. The summed E-state index contributed by atoms with van der Waals surface area (Å²) >= 11 is 0. The number of rotatable bonds is 7. The minimum atomic E-state index is 0.164. The van der Waals surface area contributed by atoms with E-state index in [1.165, 1.54) is 11.1 Å². The maximum absolute atomic E-state index is 13.3. The van der Waals surface area contributed by atoms with Crippen molar-refractivity contribution in [3.63, 3.8) is 0 Å². The highest BCUT2D eigenvalue weighted by molar-refractivity contribution is 5.80. The van der Waals surface area contributed by atoms with Crippen LogP contribution in [-0.4, -0.2) is 37.6 Å². The molecule has 5 nitrogen and oxygen atoms in total. The number of hydrogen-bond acceptors (Lipinski definition) is 4. The van der Waals surface area contributed by atoms with Crippen LogP contribution < -0.4 is 9.47 Å². The lowest BCUT2D eigenvalue weighted by molar-refractivity contribution is -0.133. The Morgan fingerprint density at radius 1 is 1.10 bits per heavy atom. The molecule has 1 unspecified atom stereocenters. The maximum Gasteiger partial charge on any atom is 0.227 e. The second-order valence-electron chi connectivity index (χ2n) is 7.93. The van der Waals surface area contributed by atoms with Crippen molar-refractivity contribution in [2.24, 2.45) is 0 Å². The van der Waals surface area contributed by atoms with Crippen LogP contribution in [0.3, 0.4) is 0 Å². The lowest BCUT2D eigenvalue weighted by atomic mass is 9.86. The number of methoxy groups -OCH3 is 2. The van der Waals surface area contributed by atoms with E-state index in [0.717, 1.165) is 48.8 Å². The Labute approximate surface area is 177 Å². The number of carbonyl (C=O) groups excluding carboxylic acids is 1. The number of furan rings is 1. The molecule has 1 heterocycles. The van der Waals surface area contributed by atoms with Gasteiger partial charge in [-0.2, -0.15) is 0 Å². The molecule has 0 saturated heterocycles. The number of carbonyl (C=O) groups is 1. The lowest BCUT2D eigenvalue weighted by Gasteiger charge is -2.35. The summed E-state index contributed by atoms with van der Waals surface area (Å²) in [5.74, 6) is 1.49. The molecule has 0 aliphatic heterocycles. The molecule has 0 spiro atoms. The van der Waals surface area contributed by atoms with Crippen LogP contribution in [0.5, 0.6) is 11.5 Å².